The molecule has 1 fully saturated rings. The molecule has 3 heterocycles. The molecule has 0 aliphatic carbocycles. The fourth-order valence-corrected chi connectivity index (χ4v) is 2.41. The van der Waals surface area contributed by atoms with Gasteiger partial charge in [0, 0.05) is 30.5 Å². The summed E-state index contributed by atoms with van der Waals surface area (Å²) in [7, 11) is 0. The zero-order chi connectivity index (χ0) is 11.0. The van der Waals surface area contributed by atoms with Crippen LogP contribution in [0.1, 0.15) is 18.4 Å². The van der Waals surface area contributed by atoms with Gasteiger partial charge in [-0.2, -0.15) is 0 Å². The maximum Gasteiger partial charge on any atom is 0.150 e. The van der Waals surface area contributed by atoms with Gasteiger partial charge in [0.15, 0.2) is 5.82 Å². The average molecular weight is 216 g/mol. The van der Waals surface area contributed by atoms with E-state index in [2.05, 4.69) is 21.1 Å². The van der Waals surface area contributed by atoms with Crippen molar-refractivity contribution >= 4 is 11.9 Å². The quantitative estimate of drug-likeness (QED) is 0.766. The van der Waals surface area contributed by atoms with Crippen LogP contribution < -0.4 is 10.7 Å². The minimum absolute atomic E-state index is 0.768. The summed E-state index contributed by atoms with van der Waals surface area (Å²) in [5, 5.41) is 4.57. The second-order valence-electron chi connectivity index (χ2n) is 4.35. The first-order chi connectivity index (χ1) is 7.84. The maximum absolute atomic E-state index is 5.97. The van der Waals surface area contributed by atoms with Gasteiger partial charge < -0.3 is 5.73 Å². The molecule has 1 aromatic heterocycles. The number of hydrazine groups is 1. The van der Waals surface area contributed by atoms with Crippen molar-refractivity contribution in [3.05, 3.63) is 29.6 Å². The van der Waals surface area contributed by atoms with Crippen LogP contribution in [-0.2, 0) is 0 Å². The number of fused-ring (bicyclic) bond motifs is 1. The summed E-state index contributed by atoms with van der Waals surface area (Å²) in [5.41, 5.74) is 8.01. The Hall–Kier alpha value is -1.55. The van der Waals surface area contributed by atoms with Crippen molar-refractivity contribution in [3.63, 3.8) is 0 Å². The number of hydrogen-bond acceptors (Lipinski definition) is 4. The highest BCUT2D eigenvalue weighted by molar-refractivity contribution is 5.69. The van der Waals surface area contributed by atoms with E-state index in [4.69, 9.17) is 5.73 Å². The van der Waals surface area contributed by atoms with Crippen molar-refractivity contribution < 1.29 is 0 Å². The van der Waals surface area contributed by atoms with E-state index in [1.54, 1.807) is 0 Å². The predicted octanol–water partition coefficient (Wildman–Crippen LogP) is 1.21. The molecule has 0 amide bonds. The molecule has 2 aliphatic heterocycles. The number of pyridine rings is 1. The van der Waals surface area contributed by atoms with Gasteiger partial charge >= 0.3 is 0 Å². The first-order valence-corrected chi connectivity index (χ1v) is 5.78. The molecule has 1 saturated heterocycles. The van der Waals surface area contributed by atoms with Gasteiger partial charge in [0.05, 0.1) is 6.54 Å². The molecule has 2 N–H and O–H groups in total. The Balaban J connectivity index is 1.98. The molecule has 2 aliphatic rings. The fraction of sp³-hybridized carbons (Fsp3) is 0.417. The minimum Gasteiger partial charge on any atom is -0.401 e. The summed E-state index contributed by atoms with van der Waals surface area (Å²) in [6.45, 7) is 3.00. The summed E-state index contributed by atoms with van der Waals surface area (Å²) in [4.78, 5) is 4.46. The van der Waals surface area contributed by atoms with Gasteiger partial charge in [-0.3, -0.25) is 5.01 Å². The third-order valence-electron chi connectivity index (χ3n) is 3.16. The highest BCUT2D eigenvalue weighted by Crippen LogP contribution is 2.27. The van der Waals surface area contributed by atoms with E-state index in [1.165, 1.54) is 12.8 Å². The number of rotatable bonds is 1. The van der Waals surface area contributed by atoms with Crippen LogP contribution in [0.15, 0.2) is 24.0 Å². The summed E-state index contributed by atoms with van der Waals surface area (Å²) >= 11 is 0. The summed E-state index contributed by atoms with van der Waals surface area (Å²) in [6, 6.07) is 4.02. The molecule has 3 rings (SSSR count). The van der Waals surface area contributed by atoms with Gasteiger partial charge in [0.1, 0.15) is 0 Å². The molecule has 0 atom stereocenters. The molecule has 0 bridgehead atoms. The molecule has 0 aromatic carbocycles. The number of aromatic nitrogens is 1. The Kier molecular flexibility index (Phi) is 2.29. The Bertz CT molecular complexity index is 421. The van der Waals surface area contributed by atoms with Gasteiger partial charge in [0.25, 0.3) is 0 Å². The smallest absolute Gasteiger partial charge is 0.150 e. The van der Waals surface area contributed by atoms with Gasteiger partial charge in [-0.25, -0.2) is 9.99 Å². The molecule has 0 saturated carbocycles. The minimum atomic E-state index is 0.768. The van der Waals surface area contributed by atoms with Gasteiger partial charge in [-0.1, -0.05) is 0 Å². The Morgan fingerprint density at radius 3 is 2.88 bits per heavy atom. The third kappa shape index (κ3) is 1.55. The van der Waals surface area contributed by atoms with E-state index < -0.39 is 0 Å². The van der Waals surface area contributed by atoms with E-state index in [-0.39, 0.29) is 0 Å². The van der Waals surface area contributed by atoms with Gasteiger partial charge in [-0.15, -0.1) is 0 Å². The lowest BCUT2D eigenvalue weighted by molar-refractivity contribution is 0.311. The van der Waals surface area contributed by atoms with Crippen molar-refractivity contribution in [2.45, 2.75) is 12.8 Å². The highest BCUT2D eigenvalue weighted by atomic mass is 15.6. The largest absolute Gasteiger partial charge is 0.401 e. The number of nitrogens with zero attached hydrogens (tertiary/aromatic N) is 3. The lowest BCUT2D eigenvalue weighted by Crippen LogP contribution is -2.45. The van der Waals surface area contributed by atoms with Crippen LogP contribution in [0.4, 0.5) is 5.82 Å². The normalized spacial score (nSPS) is 20.8. The Morgan fingerprint density at radius 2 is 2.06 bits per heavy atom. The van der Waals surface area contributed by atoms with Crippen LogP contribution in [0.2, 0.25) is 0 Å². The molecule has 0 spiro atoms. The molecular formula is C12H16N4. The van der Waals surface area contributed by atoms with Crippen LogP contribution >= 0.6 is 0 Å². The van der Waals surface area contributed by atoms with Crippen molar-refractivity contribution in [1.29, 1.82) is 0 Å². The molecule has 0 unspecified atom stereocenters. The monoisotopic (exact) mass is 216 g/mol. The van der Waals surface area contributed by atoms with Crippen molar-refractivity contribution in [2.75, 3.05) is 24.6 Å². The predicted molar refractivity (Wildman–Crippen MR) is 64.6 cm³/mol. The number of nitrogens with two attached hydrogens (primary N) is 1. The zero-order valence-electron chi connectivity index (χ0n) is 9.26. The van der Waals surface area contributed by atoms with Crippen LogP contribution in [0.3, 0.4) is 0 Å². The molecule has 84 valence electrons. The molecule has 0 radical (unpaired) electrons. The van der Waals surface area contributed by atoms with Gasteiger partial charge in [0.2, 0.25) is 0 Å². The number of hydrogen-bond donors (Lipinski definition) is 1. The number of anilines is 1. The molecule has 16 heavy (non-hydrogen) atoms. The van der Waals surface area contributed by atoms with Crippen LogP contribution in [0, 0.1) is 0 Å². The van der Waals surface area contributed by atoms with Crippen molar-refractivity contribution in [3.8, 4) is 0 Å². The summed E-state index contributed by atoms with van der Waals surface area (Å²) < 4.78 is 0. The van der Waals surface area contributed by atoms with E-state index in [0.717, 1.165) is 36.7 Å². The maximum atomic E-state index is 5.97. The topological polar surface area (TPSA) is 45.4 Å². The van der Waals surface area contributed by atoms with Crippen molar-refractivity contribution in [2.24, 2.45) is 5.73 Å². The Labute approximate surface area is 95.3 Å². The van der Waals surface area contributed by atoms with Crippen LogP contribution in [0.5, 0.6) is 0 Å². The third-order valence-corrected chi connectivity index (χ3v) is 3.16. The molecule has 4 nitrogen and oxygen atoms in total. The SMILES string of the molecule is NC1=Cc2cccnc2N(N2CCCC2)C1. The van der Waals surface area contributed by atoms with Crippen LogP contribution in [0.25, 0.3) is 6.08 Å². The molecule has 4 heteroatoms. The van der Waals surface area contributed by atoms with E-state index in [0.29, 0.717) is 0 Å². The molecule has 1 aromatic rings. The second kappa shape index (κ2) is 3.79. The van der Waals surface area contributed by atoms with E-state index in [1.807, 2.05) is 18.3 Å². The zero-order valence-corrected chi connectivity index (χ0v) is 9.26. The molecular weight excluding hydrogens is 200 g/mol. The van der Waals surface area contributed by atoms with E-state index >= 15 is 0 Å². The summed E-state index contributed by atoms with van der Waals surface area (Å²) in [5.74, 6) is 1.04. The highest BCUT2D eigenvalue weighted by Gasteiger charge is 2.25. The lowest BCUT2D eigenvalue weighted by atomic mass is 10.1. The van der Waals surface area contributed by atoms with E-state index in [9.17, 15) is 0 Å². The fourth-order valence-electron chi connectivity index (χ4n) is 2.41. The first-order valence-electron chi connectivity index (χ1n) is 5.78. The standard InChI is InChI=1S/C12H16N4/c13-11-8-10-4-3-5-14-12(10)16(9-11)15-6-1-2-7-15/h3-5,8H,1-2,6-7,9,13H2. The first kappa shape index (κ1) is 9.66. The van der Waals surface area contributed by atoms with Gasteiger partial charge in [-0.05, 0) is 31.1 Å². The van der Waals surface area contributed by atoms with Crippen LogP contribution in [-0.4, -0.2) is 29.6 Å². The lowest BCUT2D eigenvalue weighted by Gasteiger charge is -2.35. The summed E-state index contributed by atoms with van der Waals surface area (Å²) in [6.07, 6.45) is 6.40. The average Bonchev–Trinajstić information content (AvgIpc) is 2.81. The van der Waals surface area contributed by atoms with Crippen molar-refractivity contribution in [1.82, 2.24) is 9.99 Å². The second-order valence-corrected chi connectivity index (χ2v) is 4.35. The Morgan fingerprint density at radius 1 is 1.25 bits per heavy atom.